The van der Waals surface area contributed by atoms with Crippen LogP contribution in [0.3, 0.4) is 0 Å². The van der Waals surface area contributed by atoms with Crippen LogP contribution >= 0.6 is 0 Å². The maximum atomic E-state index is 12.9. The fourth-order valence-electron chi connectivity index (χ4n) is 0.946. The van der Waals surface area contributed by atoms with Crippen molar-refractivity contribution < 1.29 is 17.9 Å². The molecule has 2 nitrogen and oxygen atoms in total. The SMILES string of the molecule is COCCNc1cc(F)c(F)cc1F. The van der Waals surface area contributed by atoms with Gasteiger partial charge in [0, 0.05) is 25.8 Å². The highest BCUT2D eigenvalue weighted by molar-refractivity contribution is 5.45. The van der Waals surface area contributed by atoms with Gasteiger partial charge < -0.3 is 10.1 Å². The van der Waals surface area contributed by atoms with Gasteiger partial charge in [0.2, 0.25) is 0 Å². The third kappa shape index (κ3) is 2.63. The Morgan fingerprint density at radius 2 is 1.79 bits per heavy atom. The van der Waals surface area contributed by atoms with E-state index in [1.165, 1.54) is 7.11 Å². The molecule has 0 atom stereocenters. The molecule has 0 radical (unpaired) electrons. The summed E-state index contributed by atoms with van der Waals surface area (Å²) in [5.41, 5.74) is -0.0686. The Hall–Kier alpha value is -1.23. The van der Waals surface area contributed by atoms with Crippen LogP contribution in [0.15, 0.2) is 12.1 Å². The maximum absolute atomic E-state index is 12.9. The van der Waals surface area contributed by atoms with Crippen molar-refractivity contribution in [3.05, 3.63) is 29.6 Å². The first-order chi connectivity index (χ1) is 6.65. The van der Waals surface area contributed by atoms with Crippen LogP contribution in [-0.2, 0) is 4.74 Å². The molecule has 0 saturated heterocycles. The van der Waals surface area contributed by atoms with Crippen LogP contribution in [0, 0.1) is 17.5 Å². The van der Waals surface area contributed by atoms with Crippen LogP contribution in [0.25, 0.3) is 0 Å². The summed E-state index contributed by atoms with van der Waals surface area (Å²) in [4.78, 5) is 0. The molecule has 1 N–H and O–H groups in total. The molecule has 0 aromatic heterocycles. The molecule has 0 aliphatic rings. The molecule has 0 fully saturated rings. The molecule has 0 amide bonds. The zero-order valence-corrected chi connectivity index (χ0v) is 7.61. The second kappa shape index (κ2) is 4.85. The minimum Gasteiger partial charge on any atom is -0.383 e. The van der Waals surface area contributed by atoms with E-state index in [-0.39, 0.29) is 5.69 Å². The summed E-state index contributed by atoms with van der Waals surface area (Å²) in [6, 6.07) is 1.28. The average molecular weight is 205 g/mol. The van der Waals surface area contributed by atoms with Crippen molar-refractivity contribution in [3.63, 3.8) is 0 Å². The zero-order valence-electron chi connectivity index (χ0n) is 7.61. The summed E-state index contributed by atoms with van der Waals surface area (Å²) in [6.07, 6.45) is 0. The Balaban J connectivity index is 2.72. The number of hydrogen-bond acceptors (Lipinski definition) is 2. The number of anilines is 1. The smallest absolute Gasteiger partial charge is 0.161 e. The quantitative estimate of drug-likeness (QED) is 0.600. The highest BCUT2D eigenvalue weighted by atomic mass is 19.2. The molecule has 0 aliphatic carbocycles. The Morgan fingerprint density at radius 3 is 2.43 bits per heavy atom. The molecule has 1 aromatic rings. The monoisotopic (exact) mass is 205 g/mol. The van der Waals surface area contributed by atoms with Gasteiger partial charge in [0.05, 0.1) is 12.3 Å². The lowest BCUT2D eigenvalue weighted by atomic mass is 10.3. The van der Waals surface area contributed by atoms with Crippen molar-refractivity contribution >= 4 is 5.69 Å². The standard InChI is InChI=1S/C9H10F3NO/c1-14-3-2-13-9-5-7(11)6(10)4-8(9)12/h4-5,13H,2-3H2,1H3. The van der Waals surface area contributed by atoms with E-state index in [1.807, 2.05) is 0 Å². The number of benzene rings is 1. The molecule has 0 bridgehead atoms. The Bertz CT molecular complexity index is 317. The van der Waals surface area contributed by atoms with E-state index in [2.05, 4.69) is 5.32 Å². The summed E-state index contributed by atoms with van der Waals surface area (Å²) in [5.74, 6) is -3.09. The third-order valence-corrected chi connectivity index (χ3v) is 1.63. The van der Waals surface area contributed by atoms with Gasteiger partial charge in [0.25, 0.3) is 0 Å². The fourth-order valence-corrected chi connectivity index (χ4v) is 0.946. The van der Waals surface area contributed by atoms with Gasteiger partial charge in [-0.2, -0.15) is 0 Å². The van der Waals surface area contributed by atoms with Gasteiger partial charge in [-0.05, 0) is 0 Å². The van der Waals surface area contributed by atoms with Crippen molar-refractivity contribution in [3.8, 4) is 0 Å². The van der Waals surface area contributed by atoms with E-state index in [0.717, 1.165) is 6.07 Å². The Labute approximate surface area is 79.7 Å². The minimum absolute atomic E-state index is 0.0686. The molecule has 0 saturated carbocycles. The first kappa shape index (κ1) is 10.8. The Kier molecular flexibility index (Phi) is 3.76. The zero-order chi connectivity index (χ0) is 10.6. The lowest BCUT2D eigenvalue weighted by Gasteiger charge is -2.06. The van der Waals surface area contributed by atoms with Gasteiger partial charge in [0.15, 0.2) is 11.6 Å². The molecule has 0 heterocycles. The summed E-state index contributed by atoms with van der Waals surface area (Å²) in [5, 5.41) is 2.58. The van der Waals surface area contributed by atoms with Gasteiger partial charge in [-0.25, -0.2) is 13.2 Å². The van der Waals surface area contributed by atoms with Crippen molar-refractivity contribution in [1.29, 1.82) is 0 Å². The van der Waals surface area contributed by atoms with E-state index >= 15 is 0 Å². The molecular formula is C9H10F3NO. The summed E-state index contributed by atoms with van der Waals surface area (Å²) in [6.45, 7) is 0.691. The largest absolute Gasteiger partial charge is 0.383 e. The molecule has 0 unspecified atom stereocenters. The minimum atomic E-state index is -1.19. The van der Waals surface area contributed by atoms with Crippen molar-refractivity contribution in [2.45, 2.75) is 0 Å². The second-order valence-electron chi connectivity index (χ2n) is 2.67. The van der Waals surface area contributed by atoms with Crippen LogP contribution in [0.5, 0.6) is 0 Å². The number of rotatable bonds is 4. The van der Waals surface area contributed by atoms with Crippen LogP contribution < -0.4 is 5.32 Å². The van der Waals surface area contributed by atoms with Crippen LogP contribution in [0.2, 0.25) is 0 Å². The molecule has 14 heavy (non-hydrogen) atoms. The van der Waals surface area contributed by atoms with Gasteiger partial charge in [0.1, 0.15) is 5.82 Å². The van der Waals surface area contributed by atoms with Crippen molar-refractivity contribution in [2.75, 3.05) is 25.6 Å². The molecule has 0 spiro atoms. The molecule has 5 heteroatoms. The van der Waals surface area contributed by atoms with Crippen LogP contribution in [-0.4, -0.2) is 20.3 Å². The van der Waals surface area contributed by atoms with Crippen molar-refractivity contribution in [2.24, 2.45) is 0 Å². The summed E-state index contributed by atoms with van der Waals surface area (Å²) in [7, 11) is 1.49. The lowest BCUT2D eigenvalue weighted by Crippen LogP contribution is -2.09. The molecular weight excluding hydrogens is 195 g/mol. The predicted octanol–water partition coefficient (Wildman–Crippen LogP) is 2.16. The number of methoxy groups -OCH3 is 1. The van der Waals surface area contributed by atoms with E-state index < -0.39 is 17.5 Å². The van der Waals surface area contributed by atoms with E-state index in [1.54, 1.807) is 0 Å². The number of halogens is 3. The lowest BCUT2D eigenvalue weighted by molar-refractivity contribution is 0.210. The van der Waals surface area contributed by atoms with E-state index in [0.29, 0.717) is 19.2 Å². The van der Waals surface area contributed by atoms with Gasteiger partial charge >= 0.3 is 0 Å². The second-order valence-corrected chi connectivity index (χ2v) is 2.67. The molecule has 1 rings (SSSR count). The summed E-state index contributed by atoms with van der Waals surface area (Å²) < 4.78 is 42.8. The topological polar surface area (TPSA) is 21.3 Å². The number of nitrogens with one attached hydrogen (secondary N) is 1. The molecule has 78 valence electrons. The predicted molar refractivity (Wildman–Crippen MR) is 46.7 cm³/mol. The van der Waals surface area contributed by atoms with Crippen molar-refractivity contribution in [1.82, 2.24) is 0 Å². The number of ether oxygens (including phenoxy) is 1. The number of hydrogen-bond donors (Lipinski definition) is 1. The molecule has 1 aromatic carbocycles. The van der Waals surface area contributed by atoms with Gasteiger partial charge in [-0.1, -0.05) is 0 Å². The highest BCUT2D eigenvalue weighted by Crippen LogP contribution is 2.17. The Morgan fingerprint density at radius 1 is 1.14 bits per heavy atom. The first-order valence-corrected chi connectivity index (χ1v) is 4.02. The fraction of sp³-hybridized carbons (Fsp3) is 0.333. The average Bonchev–Trinajstić information content (AvgIpc) is 2.14. The van der Waals surface area contributed by atoms with E-state index in [4.69, 9.17) is 4.74 Å². The van der Waals surface area contributed by atoms with Crippen LogP contribution in [0.1, 0.15) is 0 Å². The third-order valence-electron chi connectivity index (χ3n) is 1.63. The highest BCUT2D eigenvalue weighted by Gasteiger charge is 2.08. The maximum Gasteiger partial charge on any atom is 0.161 e. The molecule has 0 aliphatic heterocycles. The van der Waals surface area contributed by atoms with Gasteiger partial charge in [-0.15, -0.1) is 0 Å². The van der Waals surface area contributed by atoms with E-state index in [9.17, 15) is 13.2 Å². The van der Waals surface area contributed by atoms with Crippen LogP contribution in [0.4, 0.5) is 18.9 Å². The normalized spacial score (nSPS) is 10.3. The van der Waals surface area contributed by atoms with Gasteiger partial charge in [-0.3, -0.25) is 0 Å². The summed E-state index contributed by atoms with van der Waals surface area (Å²) >= 11 is 0. The first-order valence-electron chi connectivity index (χ1n) is 4.02.